The first-order valence-corrected chi connectivity index (χ1v) is 6.98. The highest BCUT2D eigenvalue weighted by Gasteiger charge is 2.28. The molecule has 1 saturated heterocycles. The Morgan fingerprint density at radius 3 is 2.57 bits per heavy atom. The molecule has 1 aromatic rings. The molecule has 1 aliphatic rings. The van der Waals surface area contributed by atoms with Crippen LogP contribution in [0.5, 0.6) is 0 Å². The van der Waals surface area contributed by atoms with Crippen LogP contribution < -0.4 is 0 Å². The minimum Gasteiger partial charge on any atom is -0.444 e. The van der Waals surface area contributed by atoms with Crippen LogP contribution in [0, 0.1) is 5.82 Å². The molecule has 0 saturated carbocycles. The van der Waals surface area contributed by atoms with Crippen LogP contribution in [0.1, 0.15) is 27.2 Å². The number of aliphatic hydroxyl groups is 1. The molecule has 2 heterocycles. The van der Waals surface area contributed by atoms with Crippen LogP contribution in [0.2, 0.25) is 5.15 Å². The van der Waals surface area contributed by atoms with Crippen molar-refractivity contribution in [2.45, 2.75) is 38.9 Å². The Morgan fingerprint density at radius 2 is 2.19 bits per heavy atom. The number of aliphatic hydroxyl groups excluding tert-OH is 1. The largest absolute Gasteiger partial charge is 0.444 e. The quantitative estimate of drug-likeness (QED) is 0.747. The van der Waals surface area contributed by atoms with Crippen molar-refractivity contribution in [2.75, 3.05) is 13.1 Å². The summed E-state index contributed by atoms with van der Waals surface area (Å²) in [6, 6.07) is 2.66. The number of rotatable bonds is 0. The van der Waals surface area contributed by atoms with Crippen molar-refractivity contribution in [3.63, 3.8) is 0 Å². The first kappa shape index (κ1) is 17.7. The van der Waals surface area contributed by atoms with Gasteiger partial charge in [-0.3, -0.25) is 0 Å². The van der Waals surface area contributed by atoms with Crippen molar-refractivity contribution in [3.05, 3.63) is 29.3 Å². The molecule has 21 heavy (non-hydrogen) atoms. The highest BCUT2D eigenvalue weighted by Crippen LogP contribution is 2.14. The van der Waals surface area contributed by atoms with Gasteiger partial charge in [0, 0.05) is 13.1 Å². The zero-order valence-electron chi connectivity index (χ0n) is 12.3. The zero-order valence-corrected chi connectivity index (χ0v) is 13.1. The van der Waals surface area contributed by atoms with Crippen LogP contribution in [-0.4, -0.2) is 45.9 Å². The van der Waals surface area contributed by atoms with Crippen LogP contribution in [-0.2, 0) is 4.74 Å². The third-order valence-electron chi connectivity index (χ3n) is 2.51. The molecule has 7 heteroatoms. The van der Waals surface area contributed by atoms with Gasteiger partial charge in [-0.25, -0.2) is 14.2 Å². The fourth-order valence-corrected chi connectivity index (χ4v) is 1.70. The maximum atomic E-state index is 12.0. The normalized spacial score (nSPS) is 18.0. The van der Waals surface area contributed by atoms with Gasteiger partial charge in [0.15, 0.2) is 0 Å². The summed E-state index contributed by atoms with van der Waals surface area (Å²) in [5.74, 6) is -0.366. The molecule has 118 valence electrons. The smallest absolute Gasteiger partial charge is 0.410 e. The summed E-state index contributed by atoms with van der Waals surface area (Å²) in [6.45, 7) is 6.48. The van der Waals surface area contributed by atoms with Gasteiger partial charge < -0.3 is 14.7 Å². The number of nitrogens with zero attached hydrogens (tertiary/aromatic N) is 2. The Labute approximate surface area is 128 Å². The maximum absolute atomic E-state index is 12.0. The number of halogens is 2. The molecule has 0 bridgehead atoms. The number of ether oxygens (including phenoxy) is 1. The number of hydrogen-bond donors (Lipinski definition) is 1. The second kappa shape index (κ2) is 7.56. The predicted octanol–water partition coefficient (Wildman–Crippen LogP) is 2.86. The number of amides is 1. The lowest BCUT2D eigenvalue weighted by Crippen LogP contribution is -2.35. The molecule has 1 amide bonds. The lowest BCUT2D eigenvalue weighted by atomic mass is 10.2. The predicted molar refractivity (Wildman–Crippen MR) is 77.6 cm³/mol. The molecule has 1 atom stereocenters. The molecule has 5 nitrogen and oxygen atoms in total. The summed E-state index contributed by atoms with van der Waals surface area (Å²) in [7, 11) is 0. The summed E-state index contributed by atoms with van der Waals surface area (Å²) in [5, 5.41) is 9.51. The second-order valence-corrected chi connectivity index (χ2v) is 6.06. The molecule has 1 fully saturated rings. The van der Waals surface area contributed by atoms with E-state index in [4.69, 9.17) is 16.3 Å². The lowest BCUT2D eigenvalue weighted by molar-refractivity contribution is 0.0270. The average Bonchev–Trinajstić information content (AvgIpc) is 2.79. The van der Waals surface area contributed by atoms with E-state index in [1.54, 1.807) is 0 Å². The van der Waals surface area contributed by atoms with E-state index in [1.807, 2.05) is 20.8 Å². The molecular weight excluding hydrogens is 299 g/mol. The van der Waals surface area contributed by atoms with Crippen LogP contribution in [0.3, 0.4) is 0 Å². The van der Waals surface area contributed by atoms with Gasteiger partial charge in [-0.05, 0) is 39.3 Å². The van der Waals surface area contributed by atoms with E-state index < -0.39 is 5.60 Å². The number of likely N-dealkylation sites (tertiary alicyclic amines) is 1. The SMILES string of the molecule is CC(C)(C)OC(=O)N1CCC(O)C1.Fc1ccc(Cl)nc1. The van der Waals surface area contributed by atoms with Gasteiger partial charge in [-0.15, -0.1) is 0 Å². The number of aromatic nitrogens is 1. The first-order valence-electron chi connectivity index (χ1n) is 6.60. The minimum atomic E-state index is -0.454. The topological polar surface area (TPSA) is 62.7 Å². The van der Waals surface area contributed by atoms with Crippen molar-refractivity contribution in [1.29, 1.82) is 0 Å². The van der Waals surface area contributed by atoms with E-state index in [0.29, 0.717) is 24.7 Å². The number of carbonyl (C=O) groups is 1. The van der Waals surface area contributed by atoms with Crippen molar-refractivity contribution in [3.8, 4) is 0 Å². The molecule has 0 aliphatic carbocycles. The Morgan fingerprint density at radius 1 is 1.52 bits per heavy atom. The van der Waals surface area contributed by atoms with Gasteiger partial charge in [-0.1, -0.05) is 11.6 Å². The number of hydrogen-bond acceptors (Lipinski definition) is 4. The van der Waals surface area contributed by atoms with E-state index in [-0.39, 0.29) is 18.0 Å². The third-order valence-corrected chi connectivity index (χ3v) is 2.73. The Bertz CT molecular complexity index is 441. The Hall–Kier alpha value is -1.40. The molecule has 2 rings (SSSR count). The van der Waals surface area contributed by atoms with E-state index in [9.17, 15) is 14.3 Å². The molecule has 0 spiro atoms. The summed E-state index contributed by atoms with van der Waals surface area (Å²) in [5.41, 5.74) is -0.454. The zero-order chi connectivity index (χ0) is 16.0. The van der Waals surface area contributed by atoms with E-state index in [0.717, 1.165) is 6.20 Å². The standard InChI is InChI=1S/C9H17NO3.C5H3ClFN/c1-9(2,3)13-8(12)10-5-4-7(11)6-10;6-5-2-1-4(7)3-8-5/h7,11H,4-6H2,1-3H3;1-3H. The molecular formula is C14H20ClFN2O3. The Balaban J connectivity index is 0.000000235. The fraction of sp³-hybridized carbons (Fsp3) is 0.571. The average molecular weight is 319 g/mol. The number of β-amino-alcohol motifs (C(OH)–C–C–N with tert-alkyl or cyclic N) is 1. The van der Waals surface area contributed by atoms with E-state index in [1.165, 1.54) is 17.0 Å². The van der Waals surface area contributed by atoms with E-state index in [2.05, 4.69) is 4.98 Å². The second-order valence-electron chi connectivity index (χ2n) is 5.67. The van der Waals surface area contributed by atoms with Gasteiger partial charge >= 0.3 is 6.09 Å². The summed E-state index contributed by atoms with van der Waals surface area (Å²) in [4.78, 5) is 16.4. The van der Waals surface area contributed by atoms with Gasteiger partial charge in [0.05, 0.1) is 12.3 Å². The maximum Gasteiger partial charge on any atom is 0.410 e. The summed E-state index contributed by atoms with van der Waals surface area (Å²) >= 11 is 5.33. The molecule has 1 N–H and O–H groups in total. The number of carbonyl (C=O) groups excluding carboxylic acids is 1. The molecule has 0 radical (unpaired) electrons. The van der Waals surface area contributed by atoms with Gasteiger partial charge in [-0.2, -0.15) is 0 Å². The van der Waals surface area contributed by atoms with Crippen molar-refractivity contribution in [2.24, 2.45) is 0 Å². The van der Waals surface area contributed by atoms with Gasteiger partial charge in [0.2, 0.25) is 0 Å². The molecule has 0 aromatic carbocycles. The highest BCUT2D eigenvalue weighted by atomic mass is 35.5. The van der Waals surface area contributed by atoms with E-state index >= 15 is 0 Å². The lowest BCUT2D eigenvalue weighted by Gasteiger charge is -2.24. The van der Waals surface area contributed by atoms with Crippen LogP contribution >= 0.6 is 11.6 Å². The van der Waals surface area contributed by atoms with Crippen molar-refractivity contribution >= 4 is 17.7 Å². The van der Waals surface area contributed by atoms with Crippen LogP contribution in [0.4, 0.5) is 9.18 Å². The van der Waals surface area contributed by atoms with Gasteiger partial charge in [0.25, 0.3) is 0 Å². The van der Waals surface area contributed by atoms with Crippen LogP contribution in [0.15, 0.2) is 18.3 Å². The van der Waals surface area contributed by atoms with Crippen LogP contribution in [0.25, 0.3) is 0 Å². The summed E-state index contributed by atoms with van der Waals surface area (Å²) in [6.07, 6.45) is 1.01. The molecule has 1 unspecified atom stereocenters. The van der Waals surface area contributed by atoms with Gasteiger partial charge in [0.1, 0.15) is 16.6 Å². The Kier molecular flexibility index (Phi) is 6.36. The molecule has 1 aliphatic heterocycles. The minimum absolute atomic E-state index is 0.311. The van der Waals surface area contributed by atoms with Crippen molar-refractivity contribution < 1.29 is 19.0 Å². The fourth-order valence-electron chi connectivity index (χ4n) is 1.59. The molecule has 1 aromatic heterocycles. The summed E-state index contributed by atoms with van der Waals surface area (Å²) < 4.78 is 17.1. The third kappa shape index (κ3) is 7.24. The highest BCUT2D eigenvalue weighted by molar-refractivity contribution is 6.29. The monoisotopic (exact) mass is 318 g/mol. The van der Waals surface area contributed by atoms with Crippen molar-refractivity contribution in [1.82, 2.24) is 9.88 Å². The first-order chi connectivity index (χ1) is 9.67. The number of pyridine rings is 1.